The number of thioether (sulfide) groups is 1. The predicted molar refractivity (Wildman–Crippen MR) is 88.1 cm³/mol. The molecule has 0 saturated heterocycles. The summed E-state index contributed by atoms with van der Waals surface area (Å²) >= 11 is 0.891. The van der Waals surface area contributed by atoms with E-state index in [4.69, 9.17) is 0 Å². The summed E-state index contributed by atoms with van der Waals surface area (Å²) in [6.45, 7) is 1.37. The third-order valence-electron chi connectivity index (χ3n) is 3.07. The van der Waals surface area contributed by atoms with Crippen LogP contribution in [0.2, 0.25) is 0 Å². The molecule has 0 aliphatic carbocycles. The molecule has 1 aromatic heterocycles. The van der Waals surface area contributed by atoms with E-state index in [2.05, 4.69) is 10.2 Å². The molecule has 0 amide bonds. The zero-order chi connectivity index (χ0) is 17.0. The molecular weight excluding hydrogens is 338 g/mol. The highest BCUT2D eigenvalue weighted by Crippen LogP contribution is 2.22. The van der Waals surface area contributed by atoms with Crippen molar-refractivity contribution in [1.82, 2.24) is 10.2 Å². The number of sulfonamides is 1. The second-order valence-electron chi connectivity index (χ2n) is 4.66. The first-order valence-electron chi connectivity index (χ1n) is 6.56. The molecular formula is C14H15N3O4S2. The molecule has 0 fully saturated rings. The van der Waals surface area contributed by atoms with Gasteiger partial charge in [0.05, 0.1) is 22.5 Å². The molecule has 23 heavy (non-hydrogen) atoms. The Bertz CT molecular complexity index is 816. The van der Waals surface area contributed by atoms with Crippen molar-refractivity contribution in [2.45, 2.75) is 11.8 Å². The van der Waals surface area contributed by atoms with Crippen molar-refractivity contribution in [2.24, 2.45) is 0 Å². The van der Waals surface area contributed by atoms with Gasteiger partial charge in [0.25, 0.3) is 10.0 Å². The number of hydrogen-bond donors (Lipinski definition) is 1. The fourth-order valence-corrected chi connectivity index (χ4v) is 3.51. The van der Waals surface area contributed by atoms with Crippen molar-refractivity contribution in [3.63, 3.8) is 0 Å². The molecule has 1 aromatic carbocycles. The van der Waals surface area contributed by atoms with E-state index >= 15 is 0 Å². The number of ketones is 1. The van der Waals surface area contributed by atoms with E-state index in [0.29, 0.717) is 5.69 Å². The van der Waals surface area contributed by atoms with Crippen LogP contribution in [0.4, 0.5) is 5.69 Å². The first-order chi connectivity index (χ1) is 10.8. The molecule has 2 aromatic rings. The second kappa shape index (κ2) is 6.97. The molecule has 0 unspecified atom stereocenters. The third-order valence-corrected chi connectivity index (χ3v) is 5.66. The largest absolute Gasteiger partial charge is 0.293 e. The van der Waals surface area contributed by atoms with Gasteiger partial charge in [0.15, 0.2) is 10.9 Å². The molecule has 1 N–H and O–H groups in total. The van der Waals surface area contributed by atoms with Gasteiger partial charge in [-0.3, -0.25) is 19.0 Å². The van der Waals surface area contributed by atoms with Crippen LogP contribution in [0.15, 0.2) is 41.6 Å². The number of anilines is 1. The SMILES string of the molecule is CC(=O)SCC(=O)c1cccc(S(=O)(=O)N(C)c2cn[nH]c2)c1. The zero-order valence-electron chi connectivity index (χ0n) is 12.5. The summed E-state index contributed by atoms with van der Waals surface area (Å²) in [4.78, 5) is 23.0. The highest BCUT2D eigenvalue weighted by atomic mass is 32.2. The van der Waals surface area contributed by atoms with Crippen LogP contribution in [0.25, 0.3) is 0 Å². The summed E-state index contributed by atoms with van der Waals surface area (Å²) in [5.41, 5.74) is 0.634. The van der Waals surface area contributed by atoms with Crippen LogP contribution in [0.3, 0.4) is 0 Å². The lowest BCUT2D eigenvalue weighted by atomic mass is 10.1. The van der Waals surface area contributed by atoms with Crippen molar-refractivity contribution in [1.29, 1.82) is 0 Å². The molecule has 9 heteroatoms. The number of H-pyrrole nitrogens is 1. The van der Waals surface area contributed by atoms with E-state index in [0.717, 1.165) is 16.1 Å². The summed E-state index contributed by atoms with van der Waals surface area (Å²) in [6, 6.07) is 5.76. The number of carbonyl (C=O) groups is 2. The van der Waals surface area contributed by atoms with E-state index in [1.165, 1.54) is 50.6 Å². The minimum atomic E-state index is -3.80. The quantitative estimate of drug-likeness (QED) is 0.793. The standard InChI is InChI=1S/C14H15N3O4S2/c1-10(18)22-9-14(19)11-4-3-5-13(6-11)23(20,21)17(2)12-7-15-16-8-12/h3-8H,9H2,1-2H3,(H,15,16). The summed E-state index contributed by atoms with van der Waals surface area (Å²) < 4.78 is 26.2. The van der Waals surface area contributed by atoms with Gasteiger partial charge >= 0.3 is 0 Å². The molecule has 1 heterocycles. The normalized spacial score (nSPS) is 11.2. The Hall–Kier alpha value is -2.13. The van der Waals surface area contributed by atoms with Crippen LogP contribution in [-0.2, 0) is 14.8 Å². The van der Waals surface area contributed by atoms with E-state index in [1.54, 1.807) is 0 Å². The van der Waals surface area contributed by atoms with Crippen molar-refractivity contribution in [3.05, 3.63) is 42.2 Å². The minimum absolute atomic E-state index is 0.000116. The summed E-state index contributed by atoms with van der Waals surface area (Å²) in [7, 11) is -2.40. The van der Waals surface area contributed by atoms with Gasteiger partial charge in [0.2, 0.25) is 0 Å². The Morgan fingerprint density at radius 2 is 2.09 bits per heavy atom. The van der Waals surface area contributed by atoms with Gasteiger partial charge in [-0.1, -0.05) is 23.9 Å². The number of aromatic amines is 1. The number of hydrogen-bond acceptors (Lipinski definition) is 6. The maximum Gasteiger partial charge on any atom is 0.264 e. The van der Waals surface area contributed by atoms with Gasteiger partial charge in [-0.15, -0.1) is 0 Å². The smallest absolute Gasteiger partial charge is 0.264 e. The fourth-order valence-electron chi connectivity index (χ4n) is 1.79. The van der Waals surface area contributed by atoms with Crippen LogP contribution < -0.4 is 4.31 Å². The number of nitrogens with one attached hydrogen (secondary N) is 1. The van der Waals surface area contributed by atoms with Gasteiger partial charge < -0.3 is 0 Å². The Morgan fingerprint density at radius 1 is 1.35 bits per heavy atom. The van der Waals surface area contributed by atoms with E-state index in [-0.39, 0.29) is 27.1 Å². The Morgan fingerprint density at radius 3 is 2.70 bits per heavy atom. The molecule has 0 aliphatic heterocycles. The highest BCUT2D eigenvalue weighted by molar-refractivity contribution is 8.14. The maximum absolute atomic E-state index is 12.6. The van der Waals surface area contributed by atoms with Gasteiger partial charge in [-0.2, -0.15) is 5.10 Å². The molecule has 2 rings (SSSR count). The first kappa shape index (κ1) is 17.2. The predicted octanol–water partition coefficient (Wildman–Crippen LogP) is 1.70. The second-order valence-corrected chi connectivity index (χ2v) is 7.78. The molecule has 0 bridgehead atoms. The average Bonchev–Trinajstić information content (AvgIpc) is 3.06. The first-order valence-corrected chi connectivity index (χ1v) is 8.99. The van der Waals surface area contributed by atoms with Gasteiger partial charge in [-0.05, 0) is 12.1 Å². The Kier molecular flexibility index (Phi) is 5.22. The van der Waals surface area contributed by atoms with Gasteiger partial charge in [0, 0.05) is 25.7 Å². The minimum Gasteiger partial charge on any atom is -0.293 e. The number of benzene rings is 1. The average molecular weight is 353 g/mol. The lowest BCUT2D eigenvalue weighted by Gasteiger charge is -2.17. The van der Waals surface area contributed by atoms with Crippen molar-refractivity contribution in [3.8, 4) is 0 Å². The highest BCUT2D eigenvalue weighted by Gasteiger charge is 2.23. The lowest BCUT2D eigenvalue weighted by Crippen LogP contribution is -2.26. The molecule has 0 aliphatic rings. The summed E-state index contributed by atoms with van der Waals surface area (Å²) in [6.07, 6.45) is 2.84. The van der Waals surface area contributed by atoms with Crippen LogP contribution in [0.5, 0.6) is 0 Å². The monoisotopic (exact) mass is 353 g/mol. The lowest BCUT2D eigenvalue weighted by molar-refractivity contribution is -0.109. The van der Waals surface area contributed by atoms with Crippen LogP contribution in [0.1, 0.15) is 17.3 Å². The molecule has 0 atom stereocenters. The fraction of sp³-hybridized carbons (Fsp3) is 0.214. The maximum atomic E-state index is 12.6. The number of nitrogens with zero attached hydrogens (tertiary/aromatic N) is 2. The number of Topliss-reactive ketones (excluding diaryl/α,β-unsaturated/α-hetero) is 1. The van der Waals surface area contributed by atoms with Crippen LogP contribution >= 0.6 is 11.8 Å². The van der Waals surface area contributed by atoms with Crippen molar-refractivity contribution < 1.29 is 18.0 Å². The summed E-state index contributed by atoms with van der Waals surface area (Å²) in [5, 5.41) is 6.10. The van der Waals surface area contributed by atoms with Gasteiger partial charge in [0.1, 0.15) is 0 Å². The van der Waals surface area contributed by atoms with Crippen molar-refractivity contribution >= 4 is 38.4 Å². The Balaban J connectivity index is 2.28. The zero-order valence-corrected chi connectivity index (χ0v) is 14.1. The van der Waals surface area contributed by atoms with Crippen LogP contribution in [-0.4, -0.2) is 42.3 Å². The number of aromatic nitrogens is 2. The van der Waals surface area contributed by atoms with E-state index in [1.807, 2.05) is 0 Å². The topological polar surface area (TPSA) is 100 Å². The molecule has 7 nitrogen and oxygen atoms in total. The van der Waals surface area contributed by atoms with Gasteiger partial charge in [-0.25, -0.2) is 8.42 Å². The Labute approximate surface area is 138 Å². The molecule has 0 spiro atoms. The van der Waals surface area contributed by atoms with Crippen LogP contribution in [0, 0.1) is 0 Å². The summed E-state index contributed by atoms with van der Waals surface area (Å²) in [5.74, 6) is -0.315. The number of carbonyl (C=O) groups excluding carboxylic acids is 2. The third kappa shape index (κ3) is 3.99. The van der Waals surface area contributed by atoms with E-state index in [9.17, 15) is 18.0 Å². The van der Waals surface area contributed by atoms with E-state index < -0.39 is 10.0 Å². The molecule has 0 radical (unpaired) electrons. The van der Waals surface area contributed by atoms with Crippen molar-refractivity contribution in [2.75, 3.05) is 17.1 Å². The molecule has 122 valence electrons. The molecule has 0 saturated carbocycles. The number of rotatable bonds is 6.